The van der Waals surface area contributed by atoms with Gasteiger partial charge in [0.1, 0.15) is 5.75 Å². The average molecular weight is 340 g/mol. The van der Waals surface area contributed by atoms with Crippen LogP contribution in [0, 0.1) is 6.92 Å². The van der Waals surface area contributed by atoms with E-state index in [9.17, 15) is 0 Å². The molecule has 1 unspecified atom stereocenters. The minimum atomic E-state index is -0.0536. The topological polar surface area (TPSA) is 9.23 Å². The van der Waals surface area contributed by atoms with Crippen molar-refractivity contribution in [1.29, 1.82) is 0 Å². The summed E-state index contributed by atoms with van der Waals surface area (Å²) in [4.78, 5) is 0. The van der Waals surface area contributed by atoms with Gasteiger partial charge in [0.2, 0.25) is 0 Å². The van der Waals surface area contributed by atoms with Crippen LogP contribution in [-0.4, -0.2) is 7.11 Å². The Labute approximate surface area is 127 Å². The number of hydrogen-bond donors (Lipinski definition) is 0. The van der Waals surface area contributed by atoms with E-state index in [0.717, 1.165) is 22.2 Å². The van der Waals surface area contributed by atoms with Crippen molar-refractivity contribution in [3.63, 3.8) is 0 Å². The van der Waals surface area contributed by atoms with Crippen molar-refractivity contribution in [2.24, 2.45) is 0 Å². The van der Waals surface area contributed by atoms with Crippen molar-refractivity contribution in [2.75, 3.05) is 7.11 Å². The predicted octanol–water partition coefficient (Wildman–Crippen LogP) is 5.29. The molecule has 0 aromatic heterocycles. The highest BCUT2D eigenvalue weighted by Gasteiger charge is 2.13. The largest absolute Gasteiger partial charge is 0.497 e. The molecule has 0 spiro atoms. The molecule has 0 aliphatic carbocycles. The SMILES string of the molecule is COc1ccc(C(Cl)Cc2cccc(C)c2)c(Br)c1. The molecular formula is C16H16BrClO. The molecule has 0 saturated carbocycles. The summed E-state index contributed by atoms with van der Waals surface area (Å²) in [5, 5.41) is -0.0536. The molecule has 0 saturated heterocycles. The van der Waals surface area contributed by atoms with E-state index in [2.05, 4.69) is 47.1 Å². The third-order valence-electron chi connectivity index (χ3n) is 3.04. The first-order valence-electron chi connectivity index (χ1n) is 6.13. The summed E-state index contributed by atoms with van der Waals surface area (Å²) >= 11 is 10.1. The number of benzene rings is 2. The smallest absolute Gasteiger partial charge is 0.120 e. The van der Waals surface area contributed by atoms with E-state index >= 15 is 0 Å². The molecule has 1 nitrogen and oxygen atoms in total. The number of hydrogen-bond acceptors (Lipinski definition) is 1. The zero-order valence-corrected chi connectivity index (χ0v) is 13.3. The van der Waals surface area contributed by atoms with E-state index in [1.165, 1.54) is 11.1 Å². The normalized spacial score (nSPS) is 12.2. The first-order chi connectivity index (χ1) is 9.10. The molecule has 0 bridgehead atoms. The highest BCUT2D eigenvalue weighted by molar-refractivity contribution is 9.10. The van der Waals surface area contributed by atoms with E-state index in [4.69, 9.17) is 16.3 Å². The Morgan fingerprint density at radius 3 is 2.63 bits per heavy atom. The van der Waals surface area contributed by atoms with Crippen LogP contribution in [0.25, 0.3) is 0 Å². The van der Waals surface area contributed by atoms with Crippen LogP contribution in [0.3, 0.4) is 0 Å². The van der Waals surface area contributed by atoms with Gasteiger partial charge in [-0.1, -0.05) is 51.8 Å². The maximum atomic E-state index is 6.52. The molecule has 0 radical (unpaired) electrons. The molecule has 100 valence electrons. The molecule has 0 N–H and O–H groups in total. The van der Waals surface area contributed by atoms with Gasteiger partial charge in [0, 0.05) is 4.47 Å². The van der Waals surface area contributed by atoms with Crippen molar-refractivity contribution in [1.82, 2.24) is 0 Å². The monoisotopic (exact) mass is 338 g/mol. The molecule has 2 rings (SSSR count). The highest BCUT2D eigenvalue weighted by Crippen LogP contribution is 2.33. The minimum Gasteiger partial charge on any atom is -0.497 e. The fraction of sp³-hybridized carbons (Fsp3) is 0.250. The molecule has 19 heavy (non-hydrogen) atoms. The van der Waals surface area contributed by atoms with Gasteiger partial charge < -0.3 is 4.74 Å². The van der Waals surface area contributed by atoms with Crippen LogP contribution in [0.5, 0.6) is 5.75 Å². The van der Waals surface area contributed by atoms with Gasteiger partial charge in [-0.2, -0.15) is 0 Å². The molecular weight excluding hydrogens is 324 g/mol. The fourth-order valence-electron chi connectivity index (χ4n) is 2.04. The van der Waals surface area contributed by atoms with Crippen molar-refractivity contribution in [3.8, 4) is 5.75 Å². The van der Waals surface area contributed by atoms with E-state index in [1.807, 2.05) is 18.2 Å². The number of methoxy groups -OCH3 is 1. The van der Waals surface area contributed by atoms with E-state index in [0.29, 0.717) is 0 Å². The maximum Gasteiger partial charge on any atom is 0.120 e. The second-order valence-electron chi connectivity index (χ2n) is 4.55. The van der Waals surface area contributed by atoms with E-state index in [-0.39, 0.29) is 5.38 Å². The molecule has 0 aliphatic heterocycles. The van der Waals surface area contributed by atoms with Crippen LogP contribution in [0.2, 0.25) is 0 Å². The molecule has 3 heteroatoms. The van der Waals surface area contributed by atoms with Gasteiger partial charge in [0.15, 0.2) is 0 Å². The summed E-state index contributed by atoms with van der Waals surface area (Å²) in [5.74, 6) is 0.829. The van der Waals surface area contributed by atoms with Crippen LogP contribution >= 0.6 is 27.5 Å². The molecule has 2 aromatic carbocycles. The van der Waals surface area contributed by atoms with Gasteiger partial charge in [-0.05, 0) is 36.6 Å². The summed E-state index contributed by atoms with van der Waals surface area (Å²) < 4.78 is 6.18. The number of halogens is 2. The van der Waals surface area contributed by atoms with Gasteiger partial charge in [-0.25, -0.2) is 0 Å². The summed E-state index contributed by atoms with van der Waals surface area (Å²) in [6.45, 7) is 2.09. The van der Waals surface area contributed by atoms with Gasteiger partial charge in [0.05, 0.1) is 12.5 Å². The highest BCUT2D eigenvalue weighted by atomic mass is 79.9. The summed E-state index contributed by atoms with van der Waals surface area (Å²) in [7, 11) is 1.66. The lowest BCUT2D eigenvalue weighted by atomic mass is 10.0. The lowest BCUT2D eigenvalue weighted by Gasteiger charge is -2.13. The molecule has 0 aliphatic rings. The maximum absolute atomic E-state index is 6.52. The van der Waals surface area contributed by atoms with Gasteiger partial charge >= 0.3 is 0 Å². The lowest BCUT2D eigenvalue weighted by Crippen LogP contribution is -1.98. The van der Waals surface area contributed by atoms with E-state index in [1.54, 1.807) is 7.11 Å². The Kier molecular flexibility index (Phi) is 4.89. The second-order valence-corrected chi connectivity index (χ2v) is 5.93. The summed E-state index contributed by atoms with van der Waals surface area (Å²) in [6, 6.07) is 14.3. The zero-order chi connectivity index (χ0) is 13.8. The minimum absolute atomic E-state index is 0.0536. The lowest BCUT2D eigenvalue weighted by molar-refractivity contribution is 0.414. The zero-order valence-electron chi connectivity index (χ0n) is 11.0. The third-order valence-corrected chi connectivity index (χ3v) is 4.12. The Morgan fingerprint density at radius 1 is 1.21 bits per heavy atom. The Balaban J connectivity index is 2.18. The molecule has 0 heterocycles. The molecule has 1 atom stereocenters. The fourth-order valence-corrected chi connectivity index (χ4v) is 3.18. The van der Waals surface area contributed by atoms with Crippen molar-refractivity contribution in [3.05, 3.63) is 63.6 Å². The van der Waals surface area contributed by atoms with Gasteiger partial charge in [-0.3, -0.25) is 0 Å². The van der Waals surface area contributed by atoms with Crippen LogP contribution in [0.1, 0.15) is 22.1 Å². The van der Waals surface area contributed by atoms with Crippen molar-refractivity contribution < 1.29 is 4.74 Å². The Bertz CT molecular complexity index is 568. The van der Waals surface area contributed by atoms with E-state index < -0.39 is 0 Å². The van der Waals surface area contributed by atoms with Crippen molar-refractivity contribution in [2.45, 2.75) is 18.7 Å². The first kappa shape index (κ1) is 14.4. The van der Waals surface area contributed by atoms with Crippen LogP contribution < -0.4 is 4.74 Å². The predicted molar refractivity (Wildman–Crippen MR) is 84.2 cm³/mol. The summed E-state index contributed by atoms with van der Waals surface area (Å²) in [6.07, 6.45) is 0.814. The molecule has 2 aromatic rings. The standard InChI is InChI=1S/C16H16BrClO/c1-11-4-3-5-12(8-11)9-16(18)14-7-6-13(19-2)10-15(14)17/h3-8,10,16H,9H2,1-2H3. The van der Waals surface area contributed by atoms with Crippen LogP contribution in [-0.2, 0) is 6.42 Å². The number of aryl methyl sites for hydroxylation is 1. The number of alkyl halides is 1. The van der Waals surface area contributed by atoms with Gasteiger partial charge in [-0.15, -0.1) is 11.6 Å². The average Bonchev–Trinajstić information content (AvgIpc) is 2.38. The molecule has 0 amide bonds. The number of rotatable bonds is 4. The summed E-state index contributed by atoms with van der Waals surface area (Å²) in [5.41, 5.74) is 3.60. The Morgan fingerprint density at radius 2 is 2.00 bits per heavy atom. The number of ether oxygens (including phenoxy) is 1. The third kappa shape index (κ3) is 3.74. The van der Waals surface area contributed by atoms with Crippen LogP contribution in [0.4, 0.5) is 0 Å². The quantitative estimate of drug-likeness (QED) is 0.688. The van der Waals surface area contributed by atoms with Crippen LogP contribution in [0.15, 0.2) is 46.9 Å². The second kappa shape index (κ2) is 6.44. The Hall–Kier alpha value is -0.990. The van der Waals surface area contributed by atoms with Crippen molar-refractivity contribution >= 4 is 27.5 Å². The molecule has 0 fully saturated rings. The van der Waals surface area contributed by atoms with Gasteiger partial charge in [0.25, 0.3) is 0 Å². The first-order valence-corrected chi connectivity index (χ1v) is 7.36.